The van der Waals surface area contributed by atoms with E-state index in [9.17, 15) is 9.59 Å². The Hall–Kier alpha value is -5.36. The summed E-state index contributed by atoms with van der Waals surface area (Å²) in [5.41, 5.74) is 9.18. The van der Waals surface area contributed by atoms with Crippen LogP contribution in [-0.2, 0) is 4.79 Å². The molecule has 0 spiro atoms. The number of hydrogen-bond donors (Lipinski definition) is 4. The molecule has 12 nitrogen and oxygen atoms in total. The highest BCUT2D eigenvalue weighted by atomic mass is 16.2. The molecule has 0 aliphatic rings. The molecular weight excluding hydrogens is 498 g/mol. The maximum absolute atomic E-state index is 13.2. The monoisotopic (exact) mass is 525 g/mol. The normalized spacial score (nSPS) is 11.3. The van der Waals surface area contributed by atoms with E-state index in [4.69, 9.17) is 5.73 Å². The van der Waals surface area contributed by atoms with Gasteiger partial charge in [-0.15, -0.1) is 0 Å². The molecule has 0 radical (unpaired) electrons. The Labute approximate surface area is 223 Å². The highest BCUT2D eigenvalue weighted by Crippen LogP contribution is 2.25. The summed E-state index contributed by atoms with van der Waals surface area (Å²) in [5.74, 6) is -0.222. The van der Waals surface area contributed by atoms with Crippen LogP contribution < -0.4 is 21.3 Å². The summed E-state index contributed by atoms with van der Waals surface area (Å²) >= 11 is 0. The van der Waals surface area contributed by atoms with Gasteiger partial charge in [0.1, 0.15) is 6.04 Å². The number of nitrogens with two attached hydrogens (primary N) is 1. The molecule has 2 aromatic carbocycles. The zero-order chi connectivity index (χ0) is 26.5. The number of nitrogens with zero attached hydrogens (tertiary/aromatic N) is 5. The van der Waals surface area contributed by atoms with Gasteiger partial charge in [-0.1, -0.05) is 18.2 Å². The summed E-state index contributed by atoms with van der Waals surface area (Å²) in [5, 5.41) is 6.51. The standard InChI is InChI=1S/C27H25N9O2.H2O/c1-29-26-30-13-10-21(35-26)22-15-18-14-17(8-9-20(18)33-22)25(38)34-23(24(28)37)16-36(19-6-3-2-4-7-19)27-31-11-5-12-32-27;/h2-15,23,33H,16H2,1H3,(H2,28,37)(H,34,38)(H,29,30,35);1H2/t23-;/m0./s1. The van der Waals surface area contributed by atoms with Crippen LogP contribution in [0.25, 0.3) is 22.3 Å². The van der Waals surface area contributed by atoms with Crippen LogP contribution in [0.2, 0.25) is 0 Å². The third kappa shape index (κ3) is 5.97. The van der Waals surface area contributed by atoms with Gasteiger partial charge in [0.15, 0.2) is 0 Å². The van der Waals surface area contributed by atoms with Crippen molar-refractivity contribution in [2.24, 2.45) is 5.73 Å². The number of carbonyl (C=O) groups is 2. The van der Waals surface area contributed by atoms with Gasteiger partial charge in [0.25, 0.3) is 5.91 Å². The lowest BCUT2D eigenvalue weighted by Crippen LogP contribution is -2.50. The number of H-pyrrole nitrogens is 1. The van der Waals surface area contributed by atoms with Crippen molar-refractivity contribution in [2.45, 2.75) is 6.04 Å². The number of anilines is 3. The first-order chi connectivity index (χ1) is 18.5. The Balaban J connectivity index is 0.00000353. The van der Waals surface area contributed by atoms with Crippen molar-refractivity contribution in [2.75, 3.05) is 23.8 Å². The third-order valence-corrected chi connectivity index (χ3v) is 5.91. The van der Waals surface area contributed by atoms with E-state index in [0.29, 0.717) is 23.2 Å². The predicted octanol–water partition coefficient (Wildman–Crippen LogP) is 2.05. The molecule has 198 valence electrons. The zero-order valence-electron chi connectivity index (χ0n) is 21.0. The highest BCUT2D eigenvalue weighted by Gasteiger charge is 2.25. The molecule has 39 heavy (non-hydrogen) atoms. The minimum absolute atomic E-state index is 0. The fraction of sp³-hybridized carbons (Fsp3) is 0.111. The van der Waals surface area contributed by atoms with Crippen LogP contribution >= 0.6 is 0 Å². The smallest absolute Gasteiger partial charge is 0.252 e. The van der Waals surface area contributed by atoms with Crippen LogP contribution in [0.15, 0.2) is 85.3 Å². The van der Waals surface area contributed by atoms with Crippen LogP contribution in [0.1, 0.15) is 10.4 Å². The number of para-hydroxylation sites is 1. The molecule has 0 saturated heterocycles. The number of carbonyl (C=O) groups excluding carboxylic acids is 2. The molecule has 12 heteroatoms. The molecule has 0 unspecified atom stereocenters. The SMILES string of the molecule is CNc1nccc(-c2cc3cc(C(=O)N[C@@H](CN(c4ccccc4)c4ncccn4)C(N)=O)ccc3[nH]2)n1.O. The first kappa shape index (κ1) is 26.7. The van der Waals surface area contributed by atoms with Crippen LogP contribution in [0.4, 0.5) is 17.6 Å². The number of hydrogen-bond acceptors (Lipinski definition) is 8. The molecule has 0 aliphatic carbocycles. The van der Waals surface area contributed by atoms with Gasteiger partial charge in [-0.25, -0.2) is 19.9 Å². The molecule has 5 rings (SSSR count). The molecular formula is C27H27N9O3. The first-order valence-corrected chi connectivity index (χ1v) is 11.9. The lowest BCUT2D eigenvalue weighted by atomic mass is 10.1. The van der Waals surface area contributed by atoms with Crippen molar-refractivity contribution in [1.82, 2.24) is 30.2 Å². The van der Waals surface area contributed by atoms with Crippen molar-refractivity contribution in [3.63, 3.8) is 0 Å². The first-order valence-electron chi connectivity index (χ1n) is 11.9. The maximum Gasteiger partial charge on any atom is 0.252 e. The second-order valence-electron chi connectivity index (χ2n) is 8.42. The fourth-order valence-corrected chi connectivity index (χ4v) is 4.01. The Morgan fingerprint density at radius 2 is 1.74 bits per heavy atom. The Morgan fingerprint density at radius 1 is 0.974 bits per heavy atom. The summed E-state index contributed by atoms with van der Waals surface area (Å²) in [4.78, 5) is 47.9. The summed E-state index contributed by atoms with van der Waals surface area (Å²) in [6, 6.07) is 19.0. The summed E-state index contributed by atoms with van der Waals surface area (Å²) in [6.45, 7) is 0.0488. The van der Waals surface area contributed by atoms with Crippen molar-refractivity contribution in [3.8, 4) is 11.4 Å². The molecule has 0 fully saturated rings. The summed E-state index contributed by atoms with van der Waals surface area (Å²) in [7, 11) is 1.75. The van der Waals surface area contributed by atoms with Gasteiger partial charge in [0, 0.05) is 47.8 Å². The zero-order valence-corrected chi connectivity index (χ0v) is 21.0. The summed E-state index contributed by atoms with van der Waals surface area (Å²) < 4.78 is 0. The van der Waals surface area contributed by atoms with Gasteiger partial charge >= 0.3 is 0 Å². The molecule has 1 atom stereocenters. The highest BCUT2D eigenvalue weighted by molar-refractivity contribution is 6.01. The Morgan fingerprint density at radius 3 is 2.46 bits per heavy atom. The lowest BCUT2D eigenvalue weighted by Gasteiger charge is -2.26. The van der Waals surface area contributed by atoms with Crippen molar-refractivity contribution in [1.29, 1.82) is 0 Å². The number of benzene rings is 2. The molecule has 0 aliphatic heterocycles. The molecule has 0 bridgehead atoms. The van der Waals surface area contributed by atoms with Gasteiger partial charge in [-0.2, -0.15) is 0 Å². The second kappa shape index (κ2) is 11.8. The van der Waals surface area contributed by atoms with E-state index < -0.39 is 17.9 Å². The number of aromatic nitrogens is 5. The maximum atomic E-state index is 13.2. The average Bonchev–Trinajstić information content (AvgIpc) is 3.39. The molecule has 3 heterocycles. The van der Waals surface area contributed by atoms with Crippen LogP contribution in [0.5, 0.6) is 0 Å². The number of aromatic amines is 1. The Kier molecular flexibility index (Phi) is 8.07. The van der Waals surface area contributed by atoms with Gasteiger partial charge in [-0.05, 0) is 48.5 Å². The van der Waals surface area contributed by atoms with Gasteiger partial charge < -0.3 is 31.7 Å². The van der Waals surface area contributed by atoms with Gasteiger partial charge in [-0.3, -0.25) is 9.59 Å². The van der Waals surface area contributed by atoms with Crippen LogP contribution in [0.3, 0.4) is 0 Å². The number of primary amides is 1. The Bertz CT molecular complexity index is 1540. The average molecular weight is 526 g/mol. The van der Waals surface area contributed by atoms with E-state index in [0.717, 1.165) is 22.3 Å². The number of amides is 2. The lowest BCUT2D eigenvalue weighted by molar-refractivity contribution is -0.119. The van der Waals surface area contributed by atoms with Crippen molar-refractivity contribution < 1.29 is 15.1 Å². The third-order valence-electron chi connectivity index (χ3n) is 5.91. The van der Waals surface area contributed by atoms with Crippen LogP contribution in [0, 0.1) is 0 Å². The fourth-order valence-electron chi connectivity index (χ4n) is 4.01. The van der Waals surface area contributed by atoms with Gasteiger partial charge in [0.2, 0.25) is 17.8 Å². The van der Waals surface area contributed by atoms with Crippen LogP contribution in [-0.4, -0.2) is 61.8 Å². The minimum Gasteiger partial charge on any atom is -0.412 e. The molecule has 5 aromatic rings. The number of fused-ring (bicyclic) bond motifs is 1. The second-order valence-corrected chi connectivity index (χ2v) is 8.42. The number of rotatable bonds is 9. The van der Waals surface area contributed by atoms with E-state index in [1.54, 1.807) is 60.9 Å². The molecule has 7 N–H and O–H groups in total. The van der Waals surface area contributed by atoms with Crippen molar-refractivity contribution >= 4 is 40.3 Å². The summed E-state index contributed by atoms with van der Waals surface area (Å²) in [6.07, 6.45) is 4.89. The quantitative estimate of drug-likeness (QED) is 0.225. The molecule has 0 saturated carbocycles. The molecule has 2 amide bonds. The molecule has 3 aromatic heterocycles. The van der Waals surface area contributed by atoms with E-state index in [2.05, 4.69) is 35.6 Å². The topological polar surface area (TPSA) is 186 Å². The van der Waals surface area contributed by atoms with E-state index in [1.165, 1.54) is 0 Å². The number of nitrogens with one attached hydrogen (secondary N) is 3. The largest absolute Gasteiger partial charge is 0.412 e. The van der Waals surface area contributed by atoms with Gasteiger partial charge in [0.05, 0.1) is 17.9 Å². The van der Waals surface area contributed by atoms with E-state index in [1.807, 2.05) is 36.4 Å². The predicted molar refractivity (Wildman–Crippen MR) is 148 cm³/mol. The van der Waals surface area contributed by atoms with E-state index >= 15 is 0 Å². The van der Waals surface area contributed by atoms with E-state index in [-0.39, 0.29) is 12.0 Å². The van der Waals surface area contributed by atoms with Crippen molar-refractivity contribution in [3.05, 3.63) is 90.9 Å². The minimum atomic E-state index is -1.01.